The van der Waals surface area contributed by atoms with E-state index in [1.807, 2.05) is 0 Å². The number of unbranched alkanes of at least 4 members (excludes halogenated alkanes) is 3. The van der Waals surface area contributed by atoms with Crippen LogP contribution >= 0.6 is 0 Å². The maximum Gasteiger partial charge on any atom is -0.0203 e. The maximum absolute atomic E-state index is 2.44. The first kappa shape index (κ1) is 14.7. The van der Waals surface area contributed by atoms with Crippen molar-refractivity contribution in [1.82, 2.24) is 0 Å². The summed E-state index contributed by atoms with van der Waals surface area (Å²) in [5, 5.41) is 0. The molecule has 15 heavy (non-hydrogen) atoms. The Labute approximate surface area is 97.2 Å². The summed E-state index contributed by atoms with van der Waals surface area (Å²) in [7, 11) is 0. The van der Waals surface area contributed by atoms with Gasteiger partial charge in [0.15, 0.2) is 0 Å². The van der Waals surface area contributed by atoms with Crippen LogP contribution in [-0.2, 0) is 0 Å². The van der Waals surface area contributed by atoms with Crippen LogP contribution in [0.5, 0.6) is 0 Å². The average molecular weight is 210 g/mol. The second kappa shape index (κ2) is 7.96. The number of allylic oxidation sites excluding steroid dienone is 2. The molecule has 0 aromatic carbocycles. The van der Waals surface area contributed by atoms with Crippen molar-refractivity contribution >= 4 is 0 Å². The van der Waals surface area contributed by atoms with Gasteiger partial charge in [-0.1, -0.05) is 72.5 Å². The highest BCUT2D eigenvalue weighted by atomic mass is 14.1. The highest BCUT2D eigenvalue weighted by Gasteiger charge is 2.06. The van der Waals surface area contributed by atoms with E-state index in [-0.39, 0.29) is 0 Å². The van der Waals surface area contributed by atoms with Crippen molar-refractivity contribution in [3.05, 3.63) is 12.2 Å². The first-order valence-electron chi connectivity index (χ1n) is 6.69. The molecular formula is C15H30. The molecule has 1 atom stereocenters. The zero-order valence-corrected chi connectivity index (χ0v) is 11.5. The van der Waals surface area contributed by atoms with Crippen LogP contribution in [-0.4, -0.2) is 0 Å². The molecule has 1 unspecified atom stereocenters. The van der Waals surface area contributed by atoms with Crippen molar-refractivity contribution in [2.24, 2.45) is 11.3 Å². The minimum absolute atomic E-state index is 0.344. The Morgan fingerprint density at radius 3 is 2.13 bits per heavy atom. The Morgan fingerprint density at radius 1 is 1.00 bits per heavy atom. The van der Waals surface area contributed by atoms with Crippen LogP contribution in [0.2, 0.25) is 0 Å². The van der Waals surface area contributed by atoms with Gasteiger partial charge in [0.05, 0.1) is 0 Å². The van der Waals surface area contributed by atoms with E-state index in [2.05, 4.69) is 46.8 Å². The Balaban J connectivity index is 3.78. The summed E-state index contributed by atoms with van der Waals surface area (Å²) in [5.41, 5.74) is 0.344. The van der Waals surface area contributed by atoms with Crippen molar-refractivity contribution in [2.75, 3.05) is 0 Å². The average Bonchev–Trinajstić information content (AvgIpc) is 2.15. The van der Waals surface area contributed by atoms with Gasteiger partial charge in [0.25, 0.3) is 0 Å². The van der Waals surface area contributed by atoms with Crippen LogP contribution in [0.3, 0.4) is 0 Å². The molecule has 0 saturated carbocycles. The lowest BCUT2D eigenvalue weighted by molar-refractivity contribution is 0.498. The summed E-state index contributed by atoms with van der Waals surface area (Å²) >= 11 is 0. The Hall–Kier alpha value is -0.260. The number of hydrogen-bond donors (Lipinski definition) is 0. The molecule has 0 aliphatic heterocycles. The van der Waals surface area contributed by atoms with E-state index in [0.717, 1.165) is 5.92 Å². The van der Waals surface area contributed by atoms with Crippen LogP contribution in [0.1, 0.15) is 73.1 Å². The second-order valence-corrected chi connectivity index (χ2v) is 5.74. The quantitative estimate of drug-likeness (QED) is 0.380. The lowest BCUT2D eigenvalue weighted by Crippen LogP contribution is -2.02. The van der Waals surface area contributed by atoms with Gasteiger partial charge >= 0.3 is 0 Å². The minimum Gasteiger partial charge on any atom is -0.0849 e. The van der Waals surface area contributed by atoms with E-state index in [1.54, 1.807) is 0 Å². The lowest BCUT2D eigenvalue weighted by atomic mass is 9.91. The van der Waals surface area contributed by atoms with Gasteiger partial charge in [-0.25, -0.2) is 0 Å². The summed E-state index contributed by atoms with van der Waals surface area (Å²) in [6, 6.07) is 0. The Kier molecular flexibility index (Phi) is 7.82. The van der Waals surface area contributed by atoms with Gasteiger partial charge in [-0.05, 0) is 24.2 Å². The molecule has 0 aromatic heterocycles. The van der Waals surface area contributed by atoms with Crippen molar-refractivity contribution < 1.29 is 0 Å². The predicted octanol–water partition coefficient (Wildman–Crippen LogP) is 5.59. The van der Waals surface area contributed by atoms with Gasteiger partial charge in [-0.3, -0.25) is 0 Å². The fourth-order valence-corrected chi connectivity index (χ4v) is 1.69. The molecule has 0 amide bonds. The Bertz CT molecular complexity index is 159. The smallest absolute Gasteiger partial charge is 0.0203 e. The molecule has 0 nitrogen and oxygen atoms in total. The summed E-state index contributed by atoms with van der Waals surface area (Å²) in [5.74, 6) is 0.807. The van der Waals surface area contributed by atoms with Crippen molar-refractivity contribution in [1.29, 1.82) is 0 Å². The van der Waals surface area contributed by atoms with Crippen LogP contribution in [0.15, 0.2) is 12.2 Å². The van der Waals surface area contributed by atoms with E-state index < -0.39 is 0 Å². The molecule has 0 rings (SSSR count). The fourth-order valence-electron chi connectivity index (χ4n) is 1.69. The Morgan fingerprint density at radius 2 is 1.67 bits per heavy atom. The van der Waals surface area contributed by atoms with E-state index >= 15 is 0 Å². The first-order chi connectivity index (χ1) is 6.99. The zero-order valence-electron chi connectivity index (χ0n) is 11.5. The third-order valence-electron chi connectivity index (χ3n) is 2.82. The van der Waals surface area contributed by atoms with Crippen LogP contribution in [0.4, 0.5) is 0 Å². The summed E-state index contributed by atoms with van der Waals surface area (Å²) in [4.78, 5) is 0. The van der Waals surface area contributed by atoms with Gasteiger partial charge in [-0.15, -0.1) is 0 Å². The third kappa shape index (κ3) is 10.0. The van der Waals surface area contributed by atoms with Gasteiger partial charge in [0, 0.05) is 0 Å². The summed E-state index contributed by atoms with van der Waals surface area (Å²) < 4.78 is 0. The van der Waals surface area contributed by atoms with Crippen LogP contribution in [0.25, 0.3) is 0 Å². The minimum atomic E-state index is 0.344. The van der Waals surface area contributed by atoms with Gasteiger partial charge in [-0.2, -0.15) is 0 Å². The third-order valence-corrected chi connectivity index (χ3v) is 2.82. The largest absolute Gasteiger partial charge is 0.0849 e. The predicted molar refractivity (Wildman–Crippen MR) is 71.1 cm³/mol. The fraction of sp³-hybridized carbons (Fsp3) is 0.867. The van der Waals surface area contributed by atoms with Gasteiger partial charge in [0.1, 0.15) is 0 Å². The van der Waals surface area contributed by atoms with E-state index in [9.17, 15) is 0 Å². The molecule has 0 heteroatoms. The van der Waals surface area contributed by atoms with Gasteiger partial charge in [0.2, 0.25) is 0 Å². The summed E-state index contributed by atoms with van der Waals surface area (Å²) in [6.07, 6.45) is 13.0. The molecule has 0 spiro atoms. The summed E-state index contributed by atoms with van der Waals surface area (Å²) in [6.45, 7) is 11.4. The molecule has 0 fully saturated rings. The van der Waals surface area contributed by atoms with E-state index in [4.69, 9.17) is 0 Å². The SMILES string of the molecule is CCCCCCC(C=CC(C)(C)C)CC. The number of hydrogen-bond acceptors (Lipinski definition) is 0. The van der Waals surface area contributed by atoms with Crippen molar-refractivity contribution in [3.8, 4) is 0 Å². The molecule has 0 aromatic rings. The molecule has 0 aliphatic rings. The highest BCUT2D eigenvalue weighted by Crippen LogP contribution is 2.20. The molecule has 0 radical (unpaired) electrons. The molecule has 0 bridgehead atoms. The topological polar surface area (TPSA) is 0 Å². The lowest BCUT2D eigenvalue weighted by Gasteiger charge is -2.15. The standard InChI is InChI=1S/C15H30/c1-6-8-9-10-11-14(7-2)12-13-15(3,4)5/h12-14H,6-11H2,1-5H3. The van der Waals surface area contributed by atoms with Crippen molar-refractivity contribution in [3.63, 3.8) is 0 Å². The molecule has 0 saturated heterocycles. The maximum atomic E-state index is 2.44. The van der Waals surface area contributed by atoms with Gasteiger partial charge < -0.3 is 0 Å². The van der Waals surface area contributed by atoms with E-state index in [0.29, 0.717) is 5.41 Å². The number of rotatable bonds is 7. The zero-order chi connectivity index (χ0) is 11.7. The monoisotopic (exact) mass is 210 g/mol. The van der Waals surface area contributed by atoms with E-state index in [1.165, 1.54) is 38.5 Å². The van der Waals surface area contributed by atoms with Crippen molar-refractivity contribution in [2.45, 2.75) is 73.1 Å². The molecule has 0 heterocycles. The molecule has 0 N–H and O–H groups in total. The highest BCUT2D eigenvalue weighted by molar-refractivity contribution is 4.95. The normalized spacial score (nSPS) is 14.7. The second-order valence-electron chi connectivity index (χ2n) is 5.74. The van der Waals surface area contributed by atoms with Crippen LogP contribution < -0.4 is 0 Å². The first-order valence-corrected chi connectivity index (χ1v) is 6.69. The molecule has 0 aliphatic carbocycles. The van der Waals surface area contributed by atoms with Crippen LogP contribution in [0, 0.1) is 11.3 Å². The molecular weight excluding hydrogens is 180 g/mol. The molecule has 90 valence electrons.